The molecule has 1 aliphatic rings. The minimum absolute atomic E-state index is 0.231. The lowest BCUT2D eigenvalue weighted by Crippen LogP contribution is -2.49. The van der Waals surface area contributed by atoms with Gasteiger partial charge in [-0.2, -0.15) is 10.1 Å². The van der Waals surface area contributed by atoms with Crippen molar-refractivity contribution in [1.29, 1.82) is 0 Å². The summed E-state index contributed by atoms with van der Waals surface area (Å²) in [5.74, 6) is 1.53. The minimum Gasteiger partial charge on any atom is -0.445 e. The molecule has 4 aromatic rings. The van der Waals surface area contributed by atoms with E-state index in [-0.39, 0.29) is 19.3 Å². The molecule has 204 valence electrons. The van der Waals surface area contributed by atoms with Crippen LogP contribution in [0.2, 0.25) is 0 Å². The number of hydrogen-bond donors (Lipinski definition) is 2. The molecule has 1 aliphatic heterocycles. The molecule has 0 bridgehead atoms. The van der Waals surface area contributed by atoms with Crippen LogP contribution in [0.4, 0.5) is 22.4 Å². The molecule has 4 heterocycles. The molecule has 39 heavy (non-hydrogen) atoms. The number of nitrogens with one attached hydrogen (secondary N) is 1. The monoisotopic (exact) mass is 533 g/mol. The van der Waals surface area contributed by atoms with Crippen molar-refractivity contribution in [2.24, 2.45) is 0 Å². The molecule has 1 aromatic carbocycles. The number of piperazine rings is 1. The summed E-state index contributed by atoms with van der Waals surface area (Å²) in [6.07, 6.45) is 2.73. The van der Waals surface area contributed by atoms with E-state index in [0.29, 0.717) is 80.2 Å². The lowest BCUT2D eigenvalue weighted by Gasteiger charge is -2.34. The largest absolute Gasteiger partial charge is 0.445 e. The Bertz CT molecular complexity index is 1380. The smallest absolute Gasteiger partial charge is 0.410 e. The maximum Gasteiger partial charge on any atom is 0.410 e. The quantitative estimate of drug-likeness (QED) is 0.290. The van der Waals surface area contributed by atoms with Crippen molar-refractivity contribution in [2.75, 3.05) is 49.6 Å². The first kappa shape index (κ1) is 26.3. The summed E-state index contributed by atoms with van der Waals surface area (Å²) in [5.41, 5.74) is 2.57. The highest BCUT2D eigenvalue weighted by atomic mass is 16.6. The van der Waals surface area contributed by atoms with Crippen molar-refractivity contribution in [1.82, 2.24) is 34.6 Å². The van der Waals surface area contributed by atoms with Crippen molar-refractivity contribution >= 4 is 34.7 Å². The molecule has 0 radical (unpaired) electrons. The van der Waals surface area contributed by atoms with E-state index in [4.69, 9.17) is 19.4 Å². The lowest BCUT2D eigenvalue weighted by atomic mass is 10.2. The summed E-state index contributed by atoms with van der Waals surface area (Å²) in [7, 11) is 0. The second-order valence-electron chi connectivity index (χ2n) is 8.83. The highest BCUT2D eigenvalue weighted by molar-refractivity contribution is 5.90. The molecule has 5 rings (SSSR count). The Hall–Kier alpha value is -4.36. The van der Waals surface area contributed by atoms with E-state index in [1.165, 1.54) is 6.33 Å². The number of amides is 1. The van der Waals surface area contributed by atoms with E-state index in [2.05, 4.69) is 20.4 Å². The standard InChI is InChI=1S/C26H31N9O4/c1-2-38-15-14-35-23-22(20(16-36)32-35)30-25(31-24(23)29-21-8-9-27-18-28-21)33-10-12-34(13-11-33)26(37)39-17-19-6-4-3-5-7-19/h3-9,18,36H,2,10-17H2,1H3,(H,27,28,29,30,31). The number of aliphatic hydroxyl groups excluding tert-OH is 1. The third kappa shape index (κ3) is 6.21. The first-order valence-electron chi connectivity index (χ1n) is 12.9. The van der Waals surface area contributed by atoms with Crippen molar-refractivity contribution < 1.29 is 19.4 Å². The summed E-state index contributed by atoms with van der Waals surface area (Å²) in [4.78, 5) is 34.2. The number of benzene rings is 1. The number of ether oxygens (including phenoxy) is 2. The predicted octanol–water partition coefficient (Wildman–Crippen LogP) is 2.35. The van der Waals surface area contributed by atoms with Gasteiger partial charge in [0, 0.05) is 39.0 Å². The Balaban J connectivity index is 1.36. The molecule has 1 fully saturated rings. The van der Waals surface area contributed by atoms with Crippen LogP contribution in [-0.4, -0.2) is 85.2 Å². The summed E-state index contributed by atoms with van der Waals surface area (Å²) < 4.78 is 12.8. The van der Waals surface area contributed by atoms with Crippen LogP contribution in [0.1, 0.15) is 18.2 Å². The first-order chi connectivity index (χ1) is 19.2. The topological polar surface area (TPSA) is 144 Å². The van der Waals surface area contributed by atoms with Crippen LogP contribution in [-0.2, 0) is 29.2 Å². The Kier molecular flexibility index (Phi) is 8.39. The fraction of sp³-hybridized carbons (Fsp3) is 0.385. The Morgan fingerprint density at radius 3 is 2.64 bits per heavy atom. The summed E-state index contributed by atoms with van der Waals surface area (Å²) in [5, 5.41) is 17.9. The van der Waals surface area contributed by atoms with Gasteiger partial charge in [-0.15, -0.1) is 0 Å². The van der Waals surface area contributed by atoms with Crippen molar-refractivity contribution in [3.8, 4) is 0 Å². The van der Waals surface area contributed by atoms with Crippen LogP contribution >= 0.6 is 0 Å². The molecule has 0 spiro atoms. The van der Waals surface area contributed by atoms with Gasteiger partial charge in [0.1, 0.15) is 35.5 Å². The third-order valence-corrected chi connectivity index (χ3v) is 6.30. The molecule has 0 aliphatic carbocycles. The molecule has 0 unspecified atom stereocenters. The number of nitrogens with zero attached hydrogens (tertiary/aromatic N) is 8. The average Bonchev–Trinajstić information content (AvgIpc) is 3.35. The number of aliphatic hydroxyl groups is 1. The second kappa shape index (κ2) is 12.5. The van der Waals surface area contributed by atoms with Crippen LogP contribution < -0.4 is 10.2 Å². The summed E-state index contributed by atoms with van der Waals surface area (Å²) in [6.45, 7) is 5.36. The number of hydrogen-bond acceptors (Lipinski definition) is 11. The van der Waals surface area contributed by atoms with E-state index in [0.717, 1.165) is 5.56 Å². The van der Waals surface area contributed by atoms with Crippen LogP contribution in [0.3, 0.4) is 0 Å². The fourth-order valence-corrected chi connectivity index (χ4v) is 4.31. The van der Waals surface area contributed by atoms with Crippen LogP contribution in [0.5, 0.6) is 0 Å². The number of carbonyl (C=O) groups excluding carboxylic acids is 1. The van der Waals surface area contributed by atoms with Crippen molar-refractivity contribution in [2.45, 2.75) is 26.7 Å². The van der Waals surface area contributed by atoms with Gasteiger partial charge in [-0.25, -0.2) is 19.7 Å². The summed E-state index contributed by atoms with van der Waals surface area (Å²) in [6, 6.07) is 11.3. The van der Waals surface area contributed by atoms with Gasteiger partial charge in [0.25, 0.3) is 0 Å². The molecule has 13 heteroatoms. The summed E-state index contributed by atoms with van der Waals surface area (Å²) >= 11 is 0. The number of fused-ring (bicyclic) bond motifs is 1. The van der Waals surface area contributed by atoms with E-state index in [1.807, 2.05) is 42.2 Å². The van der Waals surface area contributed by atoms with Gasteiger partial charge in [-0.05, 0) is 18.6 Å². The number of carbonyl (C=O) groups is 1. The third-order valence-electron chi connectivity index (χ3n) is 6.30. The number of anilines is 3. The van der Waals surface area contributed by atoms with Gasteiger partial charge in [-0.3, -0.25) is 4.68 Å². The predicted molar refractivity (Wildman–Crippen MR) is 143 cm³/mol. The van der Waals surface area contributed by atoms with Gasteiger partial charge >= 0.3 is 6.09 Å². The van der Waals surface area contributed by atoms with Crippen molar-refractivity contribution in [3.63, 3.8) is 0 Å². The van der Waals surface area contributed by atoms with E-state index in [1.54, 1.807) is 21.8 Å². The van der Waals surface area contributed by atoms with Gasteiger partial charge in [0.05, 0.1) is 19.8 Å². The Labute approximate surface area is 225 Å². The highest BCUT2D eigenvalue weighted by Gasteiger charge is 2.26. The first-order valence-corrected chi connectivity index (χ1v) is 12.9. The maximum atomic E-state index is 12.6. The lowest BCUT2D eigenvalue weighted by molar-refractivity contribution is 0.0941. The van der Waals surface area contributed by atoms with E-state index in [9.17, 15) is 9.90 Å². The van der Waals surface area contributed by atoms with E-state index < -0.39 is 0 Å². The molecular formula is C26H31N9O4. The highest BCUT2D eigenvalue weighted by Crippen LogP contribution is 2.29. The fourth-order valence-electron chi connectivity index (χ4n) is 4.31. The van der Waals surface area contributed by atoms with Crippen molar-refractivity contribution in [3.05, 3.63) is 60.2 Å². The molecule has 1 saturated heterocycles. The zero-order valence-corrected chi connectivity index (χ0v) is 21.7. The minimum atomic E-state index is -0.348. The molecule has 0 saturated carbocycles. The van der Waals surface area contributed by atoms with Crippen LogP contribution in [0.25, 0.3) is 11.0 Å². The Morgan fingerprint density at radius 2 is 1.92 bits per heavy atom. The van der Waals surface area contributed by atoms with Crippen LogP contribution in [0, 0.1) is 0 Å². The zero-order chi connectivity index (χ0) is 27.0. The van der Waals surface area contributed by atoms with Gasteiger partial charge in [0.2, 0.25) is 5.95 Å². The van der Waals surface area contributed by atoms with Gasteiger partial charge in [-0.1, -0.05) is 30.3 Å². The average molecular weight is 534 g/mol. The molecule has 2 N–H and O–H groups in total. The van der Waals surface area contributed by atoms with E-state index >= 15 is 0 Å². The molecule has 1 amide bonds. The SMILES string of the molecule is CCOCCn1nc(CO)c2nc(N3CCN(C(=O)OCc4ccccc4)CC3)nc(Nc3ccncn3)c21. The molecule has 13 nitrogen and oxygen atoms in total. The Morgan fingerprint density at radius 1 is 1.10 bits per heavy atom. The maximum absolute atomic E-state index is 12.6. The van der Waals surface area contributed by atoms with Crippen LogP contribution in [0.15, 0.2) is 48.9 Å². The molecule has 3 aromatic heterocycles. The molecular weight excluding hydrogens is 502 g/mol. The second-order valence-corrected chi connectivity index (χ2v) is 8.83. The normalized spacial score (nSPS) is 13.6. The van der Waals surface area contributed by atoms with Gasteiger partial charge < -0.3 is 29.7 Å². The number of aromatic nitrogens is 6. The van der Waals surface area contributed by atoms with Gasteiger partial charge in [0.15, 0.2) is 5.82 Å². The molecule has 0 atom stereocenters. The number of rotatable bonds is 10. The zero-order valence-electron chi connectivity index (χ0n) is 21.7.